The molecule has 3 N–H and O–H groups in total. The molecule has 0 saturated heterocycles. The fraction of sp³-hybridized carbons (Fsp3) is 0.368. The van der Waals surface area contributed by atoms with Crippen LogP contribution in [0.25, 0.3) is 10.9 Å². The van der Waals surface area contributed by atoms with Crippen LogP contribution in [0.5, 0.6) is 0 Å². The summed E-state index contributed by atoms with van der Waals surface area (Å²) in [5.74, 6) is -0.387. The average molecular weight is 340 g/mol. The molecule has 130 valence electrons. The van der Waals surface area contributed by atoms with Gasteiger partial charge in [0.1, 0.15) is 5.82 Å². The molecular weight excluding hydrogens is 319 g/mol. The molecule has 2 aromatic heterocycles. The standard InChI is InChI=1S/C19H21FN4O/c20-13-6-7-16-15(10-13)12(11-22-16)8-9-21-19(25)18-14-4-2-1-3-5-17(14)23-24-18/h6-7,10-11,22H,1-5,8-9H2,(H,21,25)(H,23,24). The van der Waals surface area contributed by atoms with Crippen molar-refractivity contribution in [3.05, 3.63) is 52.7 Å². The van der Waals surface area contributed by atoms with E-state index >= 15 is 0 Å². The van der Waals surface area contributed by atoms with Crippen molar-refractivity contribution in [3.8, 4) is 0 Å². The van der Waals surface area contributed by atoms with Gasteiger partial charge in [0.05, 0.1) is 0 Å². The minimum atomic E-state index is -0.253. The lowest BCUT2D eigenvalue weighted by Gasteiger charge is -2.05. The van der Waals surface area contributed by atoms with Gasteiger partial charge >= 0.3 is 0 Å². The SMILES string of the molecule is O=C(NCCc1c[nH]c2ccc(F)cc12)c1n[nH]c2c1CCCCC2. The molecule has 0 bridgehead atoms. The lowest BCUT2D eigenvalue weighted by atomic mass is 10.1. The van der Waals surface area contributed by atoms with Crippen LogP contribution in [0.4, 0.5) is 4.39 Å². The predicted molar refractivity (Wildman–Crippen MR) is 94.1 cm³/mol. The second-order valence-electron chi connectivity index (χ2n) is 6.60. The minimum Gasteiger partial charge on any atom is -0.361 e. The fourth-order valence-electron chi connectivity index (χ4n) is 3.60. The minimum absolute atomic E-state index is 0.134. The Morgan fingerprint density at radius 3 is 3.04 bits per heavy atom. The Hall–Kier alpha value is -2.63. The number of aromatic amines is 2. The van der Waals surface area contributed by atoms with E-state index in [1.807, 2.05) is 6.20 Å². The number of hydrogen-bond acceptors (Lipinski definition) is 2. The number of nitrogens with zero attached hydrogens (tertiary/aromatic N) is 1. The zero-order valence-corrected chi connectivity index (χ0v) is 14.0. The molecule has 5 nitrogen and oxygen atoms in total. The predicted octanol–water partition coefficient (Wildman–Crippen LogP) is 3.27. The molecule has 0 aliphatic heterocycles. The van der Waals surface area contributed by atoms with E-state index in [1.165, 1.54) is 18.6 Å². The highest BCUT2D eigenvalue weighted by molar-refractivity contribution is 5.94. The number of benzene rings is 1. The molecule has 3 aromatic rings. The summed E-state index contributed by atoms with van der Waals surface area (Å²) < 4.78 is 13.4. The third kappa shape index (κ3) is 3.16. The Balaban J connectivity index is 1.42. The number of fused-ring (bicyclic) bond motifs is 2. The lowest BCUT2D eigenvalue weighted by molar-refractivity contribution is 0.0948. The van der Waals surface area contributed by atoms with E-state index in [0.29, 0.717) is 18.7 Å². The maximum Gasteiger partial charge on any atom is 0.272 e. The van der Waals surface area contributed by atoms with Gasteiger partial charge in [-0.3, -0.25) is 9.89 Å². The molecule has 0 atom stereocenters. The Morgan fingerprint density at radius 1 is 1.24 bits per heavy atom. The van der Waals surface area contributed by atoms with Crippen LogP contribution in [0.3, 0.4) is 0 Å². The largest absolute Gasteiger partial charge is 0.361 e. The van der Waals surface area contributed by atoms with Gasteiger partial charge in [0.2, 0.25) is 0 Å². The third-order valence-electron chi connectivity index (χ3n) is 4.93. The first-order valence-corrected chi connectivity index (χ1v) is 8.82. The zero-order valence-electron chi connectivity index (χ0n) is 14.0. The molecule has 0 fully saturated rings. The summed E-state index contributed by atoms with van der Waals surface area (Å²) in [7, 11) is 0. The number of hydrogen-bond donors (Lipinski definition) is 3. The van der Waals surface area contributed by atoms with Gasteiger partial charge in [-0.05, 0) is 55.9 Å². The molecule has 6 heteroatoms. The van der Waals surface area contributed by atoms with Crippen molar-refractivity contribution < 1.29 is 9.18 Å². The van der Waals surface area contributed by atoms with Gasteiger partial charge in [-0.1, -0.05) is 6.42 Å². The highest BCUT2D eigenvalue weighted by Crippen LogP contribution is 2.22. The molecule has 25 heavy (non-hydrogen) atoms. The monoisotopic (exact) mass is 340 g/mol. The summed E-state index contributed by atoms with van der Waals surface area (Å²) in [5.41, 5.74) is 4.61. The Morgan fingerprint density at radius 2 is 2.12 bits per heavy atom. The number of H-pyrrole nitrogens is 2. The molecule has 0 unspecified atom stereocenters. The Labute approximate surface area is 145 Å². The van der Waals surface area contributed by atoms with E-state index in [-0.39, 0.29) is 11.7 Å². The van der Waals surface area contributed by atoms with E-state index in [1.54, 1.807) is 6.07 Å². The average Bonchev–Trinajstić information content (AvgIpc) is 3.11. The first-order valence-electron chi connectivity index (χ1n) is 8.82. The summed E-state index contributed by atoms with van der Waals surface area (Å²) in [6.45, 7) is 0.490. The van der Waals surface area contributed by atoms with Crippen molar-refractivity contribution in [2.24, 2.45) is 0 Å². The maximum atomic E-state index is 13.4. The first-order chi connectivity index (χ1) is 12.2. The summed E-state index contributed by atoms with van der Waals surface area (Å²) >= 11 is 0. The number of amides is 1. The molecule has 1 aromatic carbocycles. The number of halogens is 1. The van der Waals surface area contributed by atoms with E-state index in [0.717, 1.165) is 53.4 Å². The summed E-state index contributed by atoms with van der Waals surface area (Å²) in [6.07, 6.45) is 7.84. The quantitative estimate of drug-likeness (QED) is 0.638. The van der Waals surface area contributed by atoms with Gasteiger partial charge < -0.3 is 10.3 Å². The van der Waals surface area contributed by atoms with Crippen molar-refractivity contribution in [3.63, 3.8) is 0 Å². The van der Waals surface area contributed by atoms with Crippen molar-refractivity contribution in [2.75, 3.05) is 6.54 Å². The molecule has 0 saturated carbocycles. The van der Waals surface area contributed by atoms with Gasteiger partial charge in [0, 0.05) is 34.9 Å². The number of carbonyl (C=O) groups excluding carboxylic acids is 1. The van der Waals surface area contributed by atoms with Crippen LogP contribution in [-0.2, 0) is 19.3 Å². The van der Waals surface area contributed by atoms with Crippen LogP contribution in [0.2, 0.25) is 0 Å². The number of aromatic nitrogens is 3. The second-order valence-corrected chi connectivity index (χ2v) is 6.60. The van der Waals surface area contributed by atoms with Crippen LogP contribution >= 0.6 is 0 Å². The fourth-order valence-corrected chi connectivity index (χ4v) is 3.60. The molecule has 2 heterocycles. The van der Waals surface area contributed by atoms with Crippen LogP contribution in [0, 0.1) is 5.82 Å². The van der Waals surface area contributed by atoms with Gasteiger partial charge in [-0.2, -0.15) is 5.10 Å². The van der Waals surface area contributed by atoms with E-state index in [4.69, 9.17) is 0 Å². The molecule has 0 spiro atoms. The topological polar surface area (TPSA) is 73.6 Å². The van der Waals surface area contributed by atoms with Gasteiger partial charge in [-0.25, -0.2) is 4.39 Å². The second kappa shape index (κ2) is 6.70. The van der Waals surface area contributed by atoms with Crippen LogP contribution in [0.1, 0.15) is 46.6 Å². The van der Waals surface area contributed by atoms with Crippen molar-refractivity contribution in [1.82, 2.24) is 20.5 Å². The van der Waals surface area contributed by atoms with Crippen LogP contribution in [0.15, 0.2) is 24.4 Å². The van der Waals surface area contributed by atoms with Crippen LogP contribution in [-0.4, -0.2) is 27.6 Å². The molecule has 0 radical (unpaired) electrons. The van der Waals surface area contributed by atoms with E-state index in [9.17, 15) is 9.18 Å². The van der Waals surface area contributed by atoms with Crippen LogP contribution < -0.4 is 5.32 Å². The summed E-state index contributed by atoms with van der Waals surface area (Å²) in [6, 6.07) is 4.69. The first kappa shape index (κ1) is 15.9. The highest BCUT2D eigenvalue weighted by Gasteiger charge is 2.20. The smallest absolute Gasteiger partial charge is 0.272 e. The molecule has 1 aliphatic rings. The molecule has 1 aliphatic carbocycles. The van der Waals surface area contributed by atoms with Crippen molar-refractivity contribution >= 4 is 16.8 Å². The highest BCUT2D eigenvalue weighted by atomic mass is 19.1. The third-order valence-corrected chi connectivity index (χ3v) is 4.93. The summed E-state index contributed by atoms with van der Waals surface area (Å²) in [5, 5.41) is 11.1. The Bertz CT molecular complexity index is 911. The maximum absolute atomic E-state index is 13.4. The molecular formula is C19H21FN4O. The normalized spacial score (nSPS) is 14.3. The Kier molecular flexibility index (Phi) is 4.26. The van der Waals surface area contributed by atoms with Gasteiger partial charge in [0.25, 0.3) is 5.91 Å². The molecule has 4 rings (SSSR count). The molecule has 1 amide bonds. The van der Waals surface area contributed by atoms with Crippen molar-refractivity contribution in [2.45, 2.75) is 38.5 Å². The zero-order chi connectivity index (χ0) is 17.2. The van der Waals surface area contributed by atoms with Crippen molar-refractivity contribution in [1.29, 1.82) is 0 Å². The number of aryl methyl sites for hydroxylation is 1. The summed E-state index contributed by atoms with van der Waals surface area (Å²) in [4.78, 5) is 15.6. The number of carbonyl (C=O) groups is 1. The number of rotatable bonds is 4. The van der Waals surface area contributed by atoms with E-state index < -0.39 is 0 Å². The van der Waals surface area contributed by atoms with E-state index in [2.05, 4.69) is 20.5 Å². The van der Waals surface area contributed by atoms with Gasteiger partial charge in [0.15, 0.2) is 5.69 Å². The van der Waals surface area contributed by atoms with Gasteiger partial charge in [-0.15, -0.1) is 0 Å². The lowest BCUT2D eigenvalue weighted by Crippen LogP contribution is -2.27. The number of nitrogens with one attached hydrogen (secondary N) is 3.